The van der Waals surface area contributed by atoms with E-state index in [0.717, 1.165) is 44.2 Å². The Morgan fingerprint density at radius 1 is 1.12 bits per heavy atom. The van der Waals surface area contributed by atoms with Crippen LogP contribution >= 0.6 is 12.4 Å². The summed E-state index contributed by atoms with van der Waals surface area (Å²) in [5, 5.41) is 3.43. The quantitative estimate of drug-likeness (QED) is 0.875. The van der Waals surface area contributed by atoms with Gasteiger partial charge in [-0.3, -0.25) is 4.90 Å². The molecule has 2 fully saturated rings. The first-order valence-electron chi connectivity index (χ1n) is 8.72. The number of nitrogens with zero attached hydrogens (tertiary/aromatic N) is 2. The van der Waals surface area contributed by atoms with Crippen molar-refractivity contribution in [2.75, 3.05) is 52.9 Å². The molecule has 24 heavy (non-hydrogen) atoms. The lowest BCUT2D eigenvalue weighted by Gasteiger charge is -2.37. The van der Waals surface area contributed by atoms with Crippen molar-refractivity contribution in [1.29, 1.82) is 0 Å². The average Bonchev–Trinajstić information content (AvgIpc) is 2.58. The van der Waals surface area contributed by atoms with Gasteiger partial charge in [-0.2, -0.15) is 0 Å². The Bertz CT molecular complexity index is 503. The molecule has 2 heterocycles. The molecule has 6 heteroatoms. The van der Waals surface area contributed by atoms with E-state index in [1.165, 1.54) is 39.6 Å². The molecule has 0 aromatic heterocycles. The van der Waals surface area contributed by atoms with Crippen molar-refractivity contribution < 1.29 is 9.13 Å². The summed E-state index contributed by atoms with van der Waals surface area (Å²) >= 11 is 0. The molecule has 2 saturated heterocycles. The van der Waals surface area contributed by atoms with E-state index in [0.29, 0.717) is 5.75 Å². The first-order chi connectivity index (χ1) is 11.2. The lowest BCUT2D eigenvalue weighted by Crippen LogP contribution is -2.48. The van der Waals surface area contributed by atoms with Gasteiger partial charge in [0.25, 0.3) is 0 Å². The summed E-state index contributed by atoms with van der Waals surface area (Å²) in [7, 11) is 1.50. The van der Waals surface area contributed by atoms with Crippen molar-refractivity contribution in [3.8, 4) is 5.75 Å². The predicted octanol–water partition coefficient (Wildman–Crippen LogP) is 2.37. The highest BCUT2D eigenvalue weighted by Gasteiger charge is 2.21. The van der Waals surface area contributed by atoms with Crippen molar-refractivity contribution in [3.05, 3.63) is 29.6 Å². The standard InChI is InChI=1S/C18H28FN3O.ClH/c1-23-18-3-2-16(12-17(18)19)14-22-10-8-21(9-11-22)13-15-4-6-20-7-5-15;/h2-3,12,15,20H,4-11,13-14H2,1H3;1H. The van der Waals surface area contributed by atoms with E-state index >= 15 is 0 Å². The number of hydrogen-bond acceptors (Lipinski definition) is 4. The van der Waals surface area contributed by atoms with Gasteiger partial charge in [0.05, 0.1) is 7.11 Å². The van der Waals surface area contributed by atoms with E-state index in [4.69, 9.17) is 4.74 Å². The number of nitrogens with one attached hydrogen (secondary N) is 1. The molecule has 1 N–H and O–H groups in total. The van der Waals surface area contributed by atoms with Crippen LogP contribution < -0.4 is 10.1 Å². The fourth-order valence-corrected chi connectivity index (χ4v) is 3.63. The second kappa shape index (κ2) is 9.56. The molecular weight excluding hydrogens is 329 g/mol. The van der Waals surface area contributed by atoms with Crippen molar-refractivity contribution >= 4 is 12.4 Å². The summed E-state index contributed by atoms with van der Waals surface area (Å²) < 4.78 is 18.7. The molecule has 2 aliphatic heterocycles. The van der Waals surface area contributed by atoms with Crippen LogP contribution in [0.25, 0.3) is 0 Å². The van der Waals surface area contributed by atoms with Gasteiger partial charge >= 0.3 is 0 Å². The van der Waals surface area contributed by atoms with Crippen molar-refractivity contribution in [3.63, 3.8) is 0 Å². The van der Waals surface area contributed by atoms with Gasteiger partial charge in [-0.15, -0.1) is 12.4 Å². The van der Waals surface area contributed by atoms with Gasteiger partial charge in [-0.05, 0) is 49.5 Å². The second-order valence-electron chi connectivity index (χ2n) is 6.74. The van der Waals surface area contributed by atoms with E-state index in [1.807, 2.05) is 6.07 Å². The molecule has 0 unspecified atom stereocenters. The van der Waals surface area contributed by atoms with Gasteiger partial charge in [0, 0.05) is 39.3 Å². The zero-order valence-electron chi connectivity index (χ0n) is 14.5. The average molecular weight is 358 g/mol. The van der Waals surface area contributed by atoms with Crippen molar-refractivity contribution in [2.45, 2.75) is 19.4 Å². The zero-order valence-corrected chi connectivity index (χ0v) is 15.3. The first-order valence-corrected chi connectivity index (χ1v) is 8.72. The Hall–Kier alpha value is -0.880. The minimum absolute atomic E-state index is 0. The highest BCUT2D eigenvalue weighted by Crippen LogP contribution is 2.20. The molecular formula is C18H29ClFN3O. The summed E-state index contributed by atoms with van der Waals surface area (Å²) in [6, 6.07) is 5.28. The van der Waals surface area contributed by atoms with Crippen LogP contribution in [0.2, 0.25) is 0 Å². The minimum Gasteiger partial charge on any atom is -0.494 e. The van der Waals surface area contributed by atoms with Crippen LogP contribution in [0, 0.1) is 11.7 Å². The Labute approximate surface area is 150 Å². The topological polar surface area (TPSA) is 27.7 Å². The fraction of sp³-hybridized carbons (Fsp3) is 0.667. The van der Waals surface area contributed by atoms with E-state index < -0.39 is 0 Å². The van der Waals surface area contributed by atoms with Crippen LogP contribution in [0.5, 0.6) is 5.75 Å². The van der Waals surface area contributed by atoms with E-state index in [-0.39, 0.29) is 18.2 Å². The number of piperazine rings is 1. The molecule has 1 aromatic carbocycles. The lowest BCUT2D eigenvalue weighted by atomic mass is 9.97. The Balaban J connectivity index is 0.00000208. The molecule has 0 atom stereocenters. The highest BCUT2D eigenvalue weighted by atomic mass is 35.5. The van der Waals surface area contributed by atoms with Gasteiger partial charge in [-0.1, -0.05) is 6.07 Å². The van der Waals surface area contributed by atoms with Gasteiger partial charge in [0.15, 0.2) is 11.6 Å². The normalized spacial score (nSPS) is 20.6. The fourth-order valence-electron chi connectivity index (χ4n) is 3.63. The third-order valence-corrected chi connectivity index (χ3v) is 5.06. The van der Waals surface area contributed by atoms with E-state index in [9.17, 15) is 4.39 Å². The van der Waals surface area contributed by atoms with Crippen LogP contribution in [0.3, 0.4) is 0 Å². The first kappa shape index (κ1) is 19.4. The lowest BCUT2D eigenvalue weighted by molar-refractivity contribution is 0.107. The van der Waals surface area contributed by atoms with Gasteiger partial charge in [-0.25, -0.2) is 4.39 Å². The monoisotopic (exact) mass is 357 g/mol. The number of methoxy groups -OCH3 is 1. The summed E-state index contributed by atoms with van der Waals surface area (Å²) in [5.74, 6) is 0.911. The molecule has 1 aromatic rings. The third kappa shape index (κ3) is 5.31. The molecule has 0 radical (unpaired) electrons. The summed E-state index contributed by atoms with van der Waals surface area (Å²) in [6.07, 6.45) is 2.62. The molecule has 0 bridgehead atoms. The molecule has 0 spiro atoms. The van der Waals surface area contributed by atoms with Crippen LogP contribution in [-0.4, -0.2) is 62.7 Å². The Morgan fingerprint density at radius 3 is 2.42 bits per heavy atom. The molecule has 2 aliphatic rings. The number of piperidine rings is 1. The number of halogens is 2. The van der Waals surface area contributed by atoms with Crippen molar-refractivity contribution in [1.82, 2.24) is 15.1 Å². The largest absolute Gasteiger partial charge is 0.494 e. The minimum atomic E-state index is -0.269. The smallest absolute Gasteiger partial charge is 0.165 e. The second-order valence-corrected chi connectivity index (χ2v) is 6.74. The maximum absolute atomic E-state index is 13.8. The van der Waals surface area contributed by atoms with Crippen LogP contribution in [-0.2, 0) is 6.54 Å². The molecule has 0 amide bonds. The predicted molar refractivity (Wildman–Crippen MR) is 97.5 cm³/mol. The van der Waals surface area contributed by atoms with E-state index in [1.54, 1.807) is 12.1 Å². The van der Waals surface area contributed by atoms with Crippen LogP contribution in [0.1, 0.15) is 18.4 Å². The SMILES string of the molecule is COc1ccc(CN2CCN(CC3CCNCC3)CC2)cc1F.Cl. The maximum atomic E-state index is 13.8. The van der Waals surface area contributed by atoms with Gasteiger partial charge in [0.1, 0.15) is 0 Å². The van der Waals surface area contributed by atoms with E-state index in [2.05, 4.69) is 15.1 Å². The number of benzene rings is 1. The van der Waals surface area contributed by atoms with Gasteiger partial charge < -0.3 is 15.0 Å². The molecule has 4 nitrogen and oxygen atoms in total. The van der Waals surface area contributed by atoms with Crippen LogP contribution in [0.15, 0.2) is 18.2 Å². The summed E-state index contributed by atoms with van der Waals surface area (Å²) in [5.41, 5.74) is 1.02. The highest BCUT2D eigenvalue weighted by molar-refractivity contribution is 5.85. The van der Waals surface area contributed by atoms with Crippen LogP contribution in [0.4, 0.5) is 4.39 Å². The Morgan fingerprint density at radius 2 is 1.79 bits per heavy atom. The molecule has 3 rings (SSSR count). The summed E-state index contributed by atoms with van der Waals surface area (Å²) in [6.45, 7) is 8.80. The molecule has 136 valence electrons. The summed E-state index contributed by atoms with van der Waals surface area (Å²) in [4.78, 5) is 5.02. The number of hydrogen-bond donors (Lipinski definition) is 1. The number of ether oxygens (including phenoxy) is 1. The van der Waals surface area contributed by atoms with Crippen molar-refractivity contribution in [2.24, 2.45) is 5.92 Å². The third-order valence-electron chi connectivity index (χ3n) is 5.06. The zero-order chi connectivity index (χ0) is 16.1. The van der Waals surface area contributed by atoms with Gasteiger partial charge in [0.2, 0.25) is 0 Å². The number of rotatable bonds is 5. The molecule has 0 aliphatic carbocycles. The Kier molecular flexibility index (Phi) is 7.75. The maximum Gasteiger partial charge on any atom is 0.165 e. The molecule has 0 saturated carbocycles.